The lowest BCUT2D eigenvalue weighted by Crippen LogP contribution is -2.49. The van der Waals surface area contributed by atoms with Gasteiger partial charge in [-0.1, -0.05) is 29.3 Å². The van der Waals surface area contributed by atoms with Gasteiger partial charge in [0.2, 0.25) is 21.8 Å². The van der Waals surface area contributed by atoms with E-state index in [1.165, 1.54) is 29.2 Å². The molecule has 0 saturated heterocycles. The predicted octanol–water partition coefficient (Wildman–Crippen LogP) is 4.62. The number of hydrogen-bond acceptors (Lipinski definition) is 4. The van der Waals surface area contributed by atoms with Gasteiger partial charge in [-0.15, -0.1) is 0 Å². The van der Waals surface area contributed by atoms with Crippen molar-refractivity contribution >= 4 is 50.7 Å². The molecule has 2 aromatic rings. The largest absolute Gasteiger partial charge is 0.352 e. The number of anilines is 1. The van der Waals surface area contributed by atoms with Gasteiger partial charge in [-0.05, 0) is 69.2 Å². The average Bonchev–Trinajstić information content (AvgIpc) is 2.76. The summed E-state index contributed by atoms with van der Waals surface area (Å²) in [6, 6.07) is 9.18. The van der Waals surface area contributed by atoms with Gasteiger partial charge in [-0.25, -0.2) is 12.8 Å². The zero-order valence-corrected chi connectivity index (χ0v) is 22.4. The Morgan fingerprint density at radius 1 is 1.03 bits per heavy atom. The zero-order chi connectivity index (χ0) is 26.3. The topological polar surface area (TPSA) is 86.8 Å². The van der Waals surface area contributed by atoms with Gasteiger partial charge in [0.15, 0.2) is 0 Å². The van der Waals surface area contributed by atoms with Crippen molar-refractivity contribution in [2.75, 3.05) is 17.1 Å². The van der Waals surface area contributed by atoms with E-state index in [0.717, 1.165) is 10.6 Å². The summed E-state index contributed by atoms with van der Waals surface area (Å²) in [7, 11) is -3.65. The fraction of sp³-hybridized carbons (Fsp3) is 0.417. The van der Waals surface area contributed by atoms with Gasteiger partial charge >= 0.3 is 0 Å². The number of nitrogens with one attached hydrogen (secondary N) is 1. The highest BCUT2D eigenvalue weighted by Crippen LogP contribution is 2.24. The molecular weight excluding hydrogens is 516 g/mol. The van der Waals surface area contributed by atoms with Crippen LogP contribution < -0.4 is 9.62 Å². The predicted molar refractivity (Wildman–Crippen MR) is 138 cm³/mol. The van der Waals surface area contributed by atoms with E-state index in [0.29, 0.717) is 21.3 Å². The summed E-state index contributed by atoms with van der Waals surface area (Å²) in [5.74, 6) is -1.11. The monoisotopic (exact) mass is 545 g/mol. The second-order valence-electron chi connectivity index (χ2n) is 8.52. The number of hydrogen-bond donors (Lipinski definition) is 1. The highest BCUT2D eigenvalue weighted by Gasteiger charge is 2.27. The molecule has 0 aromatic heterocycles. The molecule has 7 nitrogen and oxygen atoms in total. The SMILES string of the molecule is CC(C)NC(=O)[C@H](C)N(Cc1ccc(Cl)c(Cl)c1)C(=O)CCCN(c1ccc(F)cc1)S(C)(=O)=O. The van der Waals surface area contributed by atoms with Crippen LogP contribution in [-0.2, 0) is 26.2 Å². The molecular formula is C24H30Cl2FN3O4S. The Morgan fingerprint density at radius 2 is 1.66 bits per heavy atom. The first kappa shape index (κ1) is 28.9. The third kappa shape index (κ3) is 8.66. The Balaban J connectivity index is 2.18. The van der Waals surface area contributed by atoms with E-state index in [1.807, 2.05) is 13.8 Å². The Bertz CT molecular complexity index is 1140. The number of nitrogens with zero attached hydrogens (tertiary/aromatic N) is 2. The molecule has 0 bridgehead atoms. The van der Waals surface area contributed by atoms with E-state index in [2.05, 4.69) is 5.32 Å². The van der Waals surface area contributed by atoms with Crippen LogP contribution in [0.2, 0.25) is 10.0 Å². The van der Waals surface area contributed by atoms with E-state index in [1.54, 1.807) is 25.1 Å². The van der Waals surface area contributed by atoms with Gasteiger partial charge < -0.3 is 10.2 Å². The highest BCUT2D eigenvalue weighted by atomic mass is 35.5. The summed E-state index contributed by atoms with van der Waals surface area (Å²) in [5, 5.41) is 3.51. The van der Waals surface area contributed by atoms with Gasteiger partial charge in [-0.2, -0.15) is 0 Å². The molecule has 35 heavy (non-hydrogen) atoms. The van der Waals surface area contributed by atoms with Gasteiger partial charge in [-0.3, -0.25) is 13.9 Å². The first-order chi connectivity index (χ1) is 16.3. The standard InChI is InChI=1S/C24H30Cl2FN3O4S/c1-16(2)28-24(32)17(3)29(15-18-7-12-21(25)22(26)14-18)23(31)6-5-13-30(35(4,33)34)20-10-8-19(27)9-11-20/h7-12,14,16-17H,5-6,13,15H2,1-4H3,(H,28,32)/t17-/m0/s1. The van der Waals surface area contributed by atoms with Crippen LogP contribution in [0.4, 0.5) is 10.1 Å². The highest BCUT2D eigenvalue weighted by molar-refractivity contribution is 7.92. The summed E-state index contributed by atoms with van der Waals surface area (Å²) in [5.41, 5.74) is 1.000. The molecule has 0 aliphatic heterocycles. The molecule has 0 heterocycles. The lowest BCUT2D eigenvalue weighted by Gasteiger charge is -2.30. The number of carbonyl (C=O) groups excluding carboxylic acids is 2. The van der Waals surface area contributed by atoms with Crippen molar-refractivity contribution in [2.24, 2.45) is 0 Å². The molecule has 0 radical (unpaired) electrons. The maximum Gasteiger partial charge on any atom is 0.242 e. The summed E-state index contributed by atoms with van der Waals surface area (Å²) in [6.45, 7) is 5.42. The number of halogens is 3. The second-order valence-corrected chi connectivity index (χ2v) is 11.2. The van der Waals surface area contributed by atoms with Crippen LogP contribution in [0.15, 0.2) is 42.5 Å². The number of carbonyl (C=O) groups is 2. The van der Waals surface area contributed by atoms with Crippen molar-refractivity contribution in [3.8, 4) is 0 Å². The molecule has 0 aliphatic carbocycles. The third-order valence-electron chi connectivity index (χ3n) is 5.20. The van der Waals surface area contributed by atoms with Crippen molar-refractivity contribution < 1.29 is 22.4 Å². The quantitative estimate of drug-likeness (QED) is 0.446. The Labute approximate surface area is 216 Å². The zero-order valence-electron chi connectivity index (χ0n) is 20.1. The summed E-state index contributed by atoms with van der Waals surface area (Å²) in [4.78, 5) is 27.3. The van der Waals surface area contributed by atoms with E-state index in [-0.39, 0.29) is 43.8 Å². The summed E-state index contributed by atoms with van der Waals surface area (Å²) >= 11 is 12.1. The van der Waals surface area contributed by atoms with E-state index in [4.69, 9.17) is 23.2 Å². The van der Waals surface area contributed by atoms with Gasteiger partial charge in [0.05, 0.1) is 22.0 Å². The smallest absolute Gasteiger partial charge is 0.242 e. The molecule has 1 atom stereocenters. The molecule has 192 valence electrons. The van der Waals surface area contributed by atoms with Gasteiger partial charge in [0, 0.05) is 25.6 Å². The third-order valence-corrected chi connectivity index (χ3v) is 7.14. The summed E-state index contributed by atoms with van der Waals surface area (Å²) < 4.78 is 39.0. The van der Waals surface area contributed by atoms with Crippen molar-refractivity contribution in [3.63, 3.8) is 0 Å². The average molecular weight is 546 g/mol. The minimum atomic E-state index is -3.65. The second kappa shape index (κ2) is 12.6. The first-order valence-corrected chi connectivity index (χ1v) is 13.7. The Hall–Kier alpha value is -2.36. The Morgan fingerprint density at radius 3 is 2.20 bits per heavy atom. The van der Waals surface area contributed by atoms with Crippen LogP contribution in [0.1, 0.15) is 39.2 Å². The lowest BCUT2D eigenvalue weighted by molar-refractivity contribution is -0.140. The molecule has 0 aliphatic rings. The molecule has 1 N–H and O–H groups in total. The summed E-state index contributed by atoms with van der Waals surface area (Å²) in [6.07, 6.45) is 1.24. The van der Waals surface area contributed by atoms with Crippen LogP contribution in [0.5, 0.6) is 0 Å². The van der Waals surface area contributed by atoms with E-state index < -0.39 is 21.9 Å². The fourth-order valence-corrected chi connectivity index (χ4v) is 4.72. The number of amides is 2. The normalized spacial score (nSPS) is 12.3. The molecule has 2 aromatic carbocycles. The number of sulfonamides is 1. The van der Waals surface area contributed by atoms with E-state index in [9.17, 15) is 22.4 Å². The molecule has 11 heteroatoms. The van der Waals surface area contributed by atoms with Crippen LogP contribution in [0.25, 0.3) is 0 Å². The molecule has 0 spiro atoms. The van der Waals surface area contributed by atoms with Crippen LogP contribution in [-0.4, -0.2) is 50.0 Å². The molecule has 0 fully saturated rings. The van der Waals surface area contributed by atoms with Crippen molar-refractivity contribution in [3.05, 3.63) is 63.9 Å². The maximum atomic E-state index is 13.3. The molecule has 2 rings (SSSR count). The van der Waals surface area contributed by atoms with Gasteiger partial charge in [0.1, 0.15) is 11.9 Å². The fourth-order valence-electron chi connectivity index (χ4n) is 3.43. The molecule has 0 unspecified atom stereocenters. The lowest BCUT2D eigenvalue weighted by atomic mass is 10.1. The van der Waals surface area contributed by atoms with Crippen LogP contribution in [0.3, 0.4) is 0 Å². The Kier molecular flexibility index (Phi) is 10.4. The van der Waals surface area contributed by atoms with Crippen LogP contribution in [0, 0.1) is 5.82 Å². The van der Waals surface area contributed by atoms with Gasteiger partial charge in [0.25, 0.3) is 0 Å². The molecule has 2 amide bonds. The number of benzene rings is 2. The minimum Gasteiger partial charge on any atom is -0.352 e. The minimum absolute atomic E-state index is 0.00612. The molecule has 0 saturated carbocycles. The van der Waals surface area contributed by atoms with Crippen LogP contribution >= 0.6 is 23.2 Å². The van der Waals surface area contributed by atoms with Crippen molar-refractivity contribution in [2.45, 2.75) is 52.2 Å². The van der Waals surface area contributed by atoms with Crippen molar-refractivity contribution in [1.29, 1.82) is 0 Å². The first-order valence-electron chi connectivity index (χ1n) is 11.1. The van der Waals surface area contributed by atoms with Crippen molar-refractivity contribution in [1.82, 2.24) is 10.2 Å². The van der Waals surface area contributed by atoms with E-state index >= 15 is 0 Å². The maximum absolute atomic E-state index is 13.3. The number of rotatable bonds is 11.